The molecule has 1 N–H and O–H groups in total. The van der Waals surface area contributed by atoms with Crippen LogP contribution in [-0.2, 0) is 9.47 Å². The molecule has 7 aromatic rings. The lowest BCUT2D eigenvalue weighted by molar-refractivity contribution is 0.122. The van der Waals surface area contributed by atoms with E-state index in [2.05, 4.69) is 36.1 Å². The van der Waals surface area contributed by atoms with E-state index < -0.39 is 11.6 Å². The number of fused-ring (bicyclic) bond motifs is 2. The fraction of sp³-hybridized carbons (Fsp3) is 0.233. The van der Waals surface area contributed by atoms with Crippen LogP contribution in [0.15, 0.2) is 85.3 Å². The first-order valence-corrected chi connectivity index (χ1v) is 19.8. The molecule has 0 saturated carbocycles. The minimum absolute atomic E-state index is 0.0335. The Morgan fingerprint density at radius 1 is 0.638 bits per heavy atom. The molecular formula is C43H37Cl3F2N8O2. The summed E-state index contributed by atoms with van der Waals surface area (Å²) >= 11 is 18.3. The highest BCUT2D eigenvalue weighted by atomic mass is 35.5. The van der Waals surface area contributed by atoms with Gasteiger partial charge in [-0.3, -0.25) is 9.97 Å². The number of pyridine rings is 5. The van der Waals surface area contributed by atoms with Crippen molar-refractivity contribution in [2.45, 2.75) is 13.8 Å². The van der Waals surface area contributed by atoms with E-state index in [0.717, 1.165) is 35.8 Å². The highest BCUT2D eigenvalue weighted by Crippen LogP contribution is 2.41. The summed E-state index contributed by atoms with van der Waals surface area (Å²) in [5.41, 5.74) is 7.46. The highest BCUT2D eigenvalue weighted by molar-refractivity contribution is 6.38. The van der Waals surface area contributed by atoms with Gasteiger partial charge in [0.15, 0.2) is 17.5 Å². The molecule has 15 heteroatoms. The normalized spacial score (nSPS) is 14.4. The largest absolute Gasteiger partial charge is 0.378 e. The highest BCUT2D eigenvalue weighted by Gasteiger charge is 2.24. The first-order valence-electron chi connectivity index (χ1n) is 18.7. The number of halogens is 5. The number of ether oxygens (including phenoxy) is 2. The van der Waals surface area contributed by atoms with Crippen LogP contribution in [0.1, 0.15) is 11.1 Å². The standard InChI is InChI=1S/C28H28ClFN6O2.C15H9Cl2FN2/c1-18-26(22-4-2-3-7-31-22)33-21-6-5-20(29)25(30)24(21)27(18)34-23-16-19(35-8-12-37-13-9-35)17-32-28(23)36-10-14-38-15-11-36;1-8-13(17)12-10(6-5-9(16)14(12)18)20-15(8)11-4-2-3-7-19-11/h2-7,16-17H,8-15H2,1H3,(H,33,34);2-7H,1H3. The van der Waals surface area contributed by atoms with Crippen LogP contribution in [0.4, 0.5) is 31.7 Å². The number of nitrogens with zero attached hydrogens (tertiary/aromatic N) is 7. The number of hydrogen-bond acceptors (Lipinski definition) is 10. The minimum atomic E-state index is -0.544. The van der Waals surface area contributed by atoms with Crippen molar-refractivity contribution in [3.63, 3.8) is 0 Å². The van der Waals surface area contributed by atoms with Gasteiger partial charge in [0.25, 0.3) is 0 Å². The van der Waals surface area contributed by atoms with Crippen molar-refractivity contribution >= 4 is 79.5 Å². The van der Waals surface area contributed by atoms with E-state index >= 15 is 4.39 Å². The van der Waals surface area contributed by atoms with Gasteiger partial charge in [-0.1, -0.05) is 46.9 Å². The molecule has 0 amide bonds. The summed E-state index contributed by atoms with van der Waals surface area (Å²) in [7, 11) is 0. The topological polar surface area (TPSA) is 101 Å². The number of morpholine rings is 2. The fourth-order valence-electron chi connectivity index (χ4n) is 7.08. The Bertz CT molecular complexity index is 2610. The molecule has 2 saturated heterocycles. The Hall–Kier alpha value is -5.24. The van der Waals surface area contributed by atoms with Gasteiger partial charge >= 0.3 is 0 Å². The van der Waals surface area contributed by atoms with Crippen LogP contribution in [0, 0.1) is 25.5 Å². The van der Waals surface area contributed by atoms with E-state index in [1.54, 1.807) is 31.5 Å². The molecule has 7 heterocycles. The van der Waals surface area contributed by atoms with Crippen LogP contribution in [0.25, 0.3) is 44.6 Å². The summed E-state index contributed by atoms with van der Waals surface area (Å²) in [6.45, 7) is 9.29. The zero-order valence-electron chi connectivity index (χ0n) is 31.6. The van der Waals surface area contributed by atoms with Crippen molar-refractivity contribution in [2.24, 2.45) is 0 Å². The van der Waals surface area contributed by atoms with E-state index in [1.807, 2.05) is 49.5 Å². The molecule has 0 spiro atoms. The van der Waals surface area contributed by atoms with Gasteiger partial charge in [0.05, 0.1) is 109 Å². The van der Waals surface area contributed by atoms with Crippen LogP contribution >= 0.6 is 34.8 Å². The molecule has 2 fully saturated rings. The third kappa shape index (κ3) is 7.95. The molecule has 9 rings (SSSR count). The first kappa shape index (κ1) is 39.6. The summed E-state index contributed by atoms with van der Waals surface area (Å²) in [6, 6.07) is 19.7. The summed E-state index contributed by atoms with van der Waals surface area (Å²) in [6.07, 6.45) is 5.30. The fourth-order valence-corrected chi connectivity index (χ4v) is 7.66. The van der Waals surface area contributed by atoms with Gasteiger partial charge in [0.1, 0.15) is 0 Å². The molecule has 2 aliphatic heterocycles. The number of anilines is 4. The number of rotatable bonds is 6. The van der Waals surface area contributed by atoms with Gasteiger partial charge in [-0.15, -0.1) is 0 Å². The second-order valence-corrected chi connectivity index (χ2v) is 14.9. The van der Waals surface area contributed by atoms with E-state index in [-0.39, 0.29) is 15.4 Å². The third-order valence-electron chi connectivity index (χ3n) is 10.1. The molecule has 5 aromatic heterocycles. The molecule has 0 bridgehead atoms. The maximum Gasteiger partial charge on any atom is 0.153 e. The third-order valence-corrected chi connectivity index (χ3v) is 11.2. The molecule has 58 heavy (non-hydrogen) atoms. The molecule has 0 aliphatic carbocycles. The second kappa shape index (κ2) is 17.3. The van der Waals surface area contributed by atoms with Gasteiger partial charge in [0.2, 0.25) is 0 Å². The number of benzene rings is 2. The van der Waals surface area contributed by atoms with Gasteiger partial charge < -0.3 is 24.6 Å². The van der Waals surface area contributed by atoms with Crippen molar-refractivity contribution in [2.75, 3.05) is 67.7 Å². The maximum atomic E-state index is 15.6. The van der Waals surface area contributed by atoms with Crippen molar-refractivity contribution in [3.05, 3.63) is 123 Å². The second-order valence-electron chi connectivity index (χ2n) is 13.7. The van der Waals surface area contributed by atoms with E-state index in [9.17, 15) is 4.39 Å². The van der Waals surface area contributed by atoms with E-state index in [1.165, 1.54) is 12.1 Å². The van der Waals surface area contributed by atoms with Crippen molar-refractivity contribution in [1.29, 1.82) is 0 Å². The van der Waals surface area contributed by atoms with Crippen molar-refractivity contribution in [1.82, 2.24) is 24.9 Å². The lowest BCUT2D eigenvalue weighted by Gasteiger charge is -2.32. The molecule has 2 aromatic carbocycles. The lowest BCUT2D eigenvalue weighted by atomic mass is 10.0. The first-order chi connectivity index (χ1) is 28.2. The van der Waals surface area contributed by atoms with Crippen LogP contribution in [0.3, 0.4) is 0 Å². The predicted octanol–water partition coefficient (Wildman–Crippen LogP) is 10.3. The van der Waals surface area contributed by atoms with Crippen LogP contribution in [0.5, 0.6) is 0 Å². The Morgan fingerprint density at radius 3 is 1.74 bits per heavy atom. The zero-order valence-corrected chi connectivity index (χ0v) is 33.8. The average Bonchev–Trinajstić information content (AvgIpc) is 3.27. The average molecular weight is 842 g/mol. The number of aromatic nitrogens is 5. The van der Waals surface area contributed by atoms with Gasteiger partial charge in [-0.05, 0) is 74.0 Å². The van der Waals surface area contributed by atoms with Gasteiger partial charge in [-0.25, -0.2) is 23.7 Å². The number of hydrogen-bond donors (Lipinski definition) is 1. The number of nitrogens with one attached hydrogen (secondary N) is 1. The van der Waals surface area contributed by atoms with Crippen LogP contribution in [0.2, 0.25) is 15.1 Å². The van der Waals surface area contributed by atoms with Gasteiger partial charge in [-0.2, -0.15) is 0 Å². The molecule has 10 nitrogen and oxygen atoms in total. The zero-order chi connectivity index (χ0) is 40.3. The predicted molar refractivity (Wildman–Crippen MR) is 228 cm³/mol. The Kier molecular flexibility index (Phi) is 11.8. The smallest absolute Gasteiger partial charge is 0.153 e. The Labute approximate surface area is 348 Å². The Morgan fingerprint density at radius 2 is 1.17 bits per heavy atom. The molecular weight excluding hydrogens is 805 g/mol. The van der Waals surface area contributed by atoms with Crippen LogP contribution in [-0.4, -0.2) is 77.5 Å². The Balaban J connectivity index is 0.000000197. The summed E-state index contributed by atoms with van der Waals surface area (Å²) in [4.78, 5) is 27.3. The minimum Gasteiger partial charge on any atom is -0.378 e. The van der Waals surface area contributed by atoms with Crippen molar-refractivity contribution < 1.29 is 18.3 Å². The van der Waals surface area contributed by atoms with Crippen LogP contribution < -0.4 is 15.1 Å². The summed E-state index contributed by atoms with van der Waals surface area (Å²) < 4.78 is 40.8. The SMILES string of the molecule is Cc1c(-c2ccccn2)nc2ccc(Cl)c(F)c2c1Cl.Cc1c(-c2ccccn2)nc2ccc(Cl)c(F)c2c1Nc1cc(N2CCOCC2)cnc1N1CCOCC1. The molecule has 296 valence electrons. The molecule has 0 unspecified atom stereocenters. The van der Waals surface area contributed by atoms with E-state index in [0.29, 0.717) is 95.0 Å². The molecule has 0 atom stereocenters. The monoisotopic (exact) mass is 840 g/mol. The van der Waals surface area contributed by atoms with Gasteiger partial charge in [0, 0.05) is 44.1 Å². The summed E-state index contributed by atoms with van der Waals surface area (Å²) in [5.74, 6) is -0.270. The van der Waals surface area contributed by atoms with E-state index in [4.69, 9.17) is 54.2 Å². The molecule has 2 aliphatic rings. The lowest BCUT2D eigenvalue weighted by Crippen LogP contribution is -2.38. The molecule has 0 radical (unpaired) electrons. The maximum absolute atomic E-state index is 15.6. The quantitative estimate of drug-likeness (QED) is 0.174. The van der Waals surface area contributed by atoms with Crippen molar-refractivity contribution in [3.8, 4) is 22.8 Å². The summed E-state index contributed by atoms with van der Waals surface area (Å²) in [5, 5.41) is 4.54.